The van der Waals surface area contributed by atoms with Gasteiger partial charge in [-0.15, -0.1) is 0 Å². The van der Waals surface area contributed by atoms with E-state index in [0.29, 0.717) is 0 Å². The normalized spacial score (nSPS) is 13.5. The van der Waals surface area contributed by atoms with E-state index in [1.54, 1.807) is 12.1 Å². The Bertz CT molecular complexity index is 503. The van der Waals surface area contributed by atoms with Crippen LogP contribution in [0.5, 0.6) is 5.75 Å². The molecule has 0 heterocycles. The van der Waals surface area contributed by atoms with Crippen molar-refractivity contribution in [2.45, 2.75) is 52.4 Å². The topological polar surface area (TPSA) is 66.8 Å². The van der Waals surface area contributed by atoms with Gasteiger partial charge in [0, 0.05) is 5.56 Å². The minimum atomic E-state index is -4.56. The lowest BCUT2D eigenvalue weighted by Crippen LogP contribution is -2.22. The first-order valence-corrected chi connectivity index (χ1v) is 7.74. The predicted molar refractivity (Wildman–Crippen MR) is 76.5 cm³/mol. The molecule has 0 radical (unpaired) electrons. The van der Waals surface area contributed by atoms with Crippen molar-refractivity contribution in [3.63, 3.8) is 0 Å². The zero-order valence-corrected chi connectivity index (χ0v) is 13.3. The van der Waals surface area contributed by atoms with Gasteiger partial charge in [0.25, 0.3) is 0 Å². The van der Waals surface area contributed by atoms with Crippen molar-refractivity contribution < 1.29 is 18.9 Å². The molecule has 0 saturated heterocycles. The molecule has 0 bridgehead atoms. The molecule has 0 aliphatic carbocycles. The van der Waals surface area contributed by atoms with Crippen LogP contribution in [0.4, 0.5) is 0 Å². The fraction of sp³-hybridized carbons (Fsp3) is 0.571. The highest BCUT2D eigenvalue weighted by atomic mass is 31.2. The predicted octanol–water partition coefficient (Wildman–Crippen LogP) is 3.75. The zero-order valence-electron chi connectivity index (χ0n) is 12.4. The van der Waals surface area contributed by atoms with Crippen LogP contribution in [0.25, 0.3) is 0 Å². The van der Waals surface area contributed by atoms with Crippen LogP contribution in [-0.4, -0.2) is 9.79 Å². The van der Waals surface area contributed by atoms with E-state index in [9.17, 15) is 4.57 Å². The van der Waals surface area contributed by atoms with Gasteiger partial charge >= 0.3 is 7.82 Å². The summed E-state index contributed by atoms with van der Waals surface area (Å²) in [5, 5.41) is 0. The summed E-state index contributed by atoms with van der Waals surface area (Å²) >= 11 is 0. The molecule has 1 aromatic rings. The Morgan fingerprint density at radius 3 is 1.89 bits per heavy atom. The molecule has 0 fully saturated rings. The lowest BCUT2D eigenvalue weighted by Gasteiger charge is -2.31. The Balaban J connectivity index is 3.53. The van der Waals surface area contributed by atoms with Crippen LogP contribution in [-0.2, 0) is 15.4 Å². The molecule has 0 atom stereocenters. The van der Waals surface area contributed by atoms with Crippen LogP contribution in [0.15, 0.2) is 18.2 Å². The van der Waals surface area contributed by atoms with Gasteiger partial charge in [-0.2, -0.15) is 0 Å². The number of hydrogen-bond donors (Lipinski definition) is 2. The molecular weight excluding hydrogens is 263 g/mol. The van der Waals surface area contributed by atoms with Gasteiger partial charge in [0.15, 0.2) is 0 Å². The van der Waals surface area contributed by atoms with Crippen molar-refractivity contribution in [1.82, 2.24) is 0 Å². The quantitative estimate of drug-likeness (QED) is 0.812. The second-order valence-corrected chi connectivity index (χ2v) is 7.92. The Morgan fingerprint density at radius 2 is 1.53 bits per heavy atom. The van der Waals surface area contributed by atoms with Crippen LogP contribution in [0.3, 0.4) is 0 Å². The van der Waals surface area contributed by atoms with E-state index in [1.807, 2.05) is 26.8 Å². The third kappa shape index (κ3) is 4.34. The lowest BCUT2D eigenvalue weighted by atomic mass is 9.75. The molecule has 0 amide bonds. The molecule has 5 heteroatoms. The summed E-state index contributed by atoms with van der Waals surface area (Å²) in [6.45, 7) is 12.2. The Morgan fingerprint density at radius 1 is 1.00 bits per heavy atom. The van der Waals surface area contributed by atoms with E-state index in [1.165, 1.54) is 0 Å². The Labute approximate surface area is 115 Å². The number of phosphoric ester groups is 1. The number of rotatable bonds is 2. The summed E-state index contributed by atoms with van der Waals surface area (Å²) in [6, 6.07) is 5.35. The standard InChI is InChI=1S/C14H23O4P/c1-13(2,3)10-8-7-9-11(18-19(15,16)17)12(10)14(4,5)6/h7-9H,1-6H3,(H2,15,16,17). The average molecular weight is 286 g/mol. The van der Waals surface area contributed by atoms with E-state index in [2.05, 4.69) is 20.8 Å². The molecule has 1 rings (SSSR count). The molecule has 0 aromatic heterocycles. The molecule has 19 heavy (non-hydrogen) atoms. The van der Waals surface area contributed by atoms with Crippen molar-refractivity contribution in [3.8, 4) is 5.75 Å². The number of benzene rings is 1. The van der Waals surface area contributed by atoms with E-state index in [0.717, 1.165) is 11.1 Å². The van der Waals surface area contributed by atoms with Crippen molar-refractivity contribution in [3.05, 3.63) is 29.3 Å². The van der Waals surface area contributed by atoms with E-state index >= 15 is 0 Å². The fourth-order valence-corrected chi connectivity index (χ4v) is 2.54. The van der Waals surface area contributed by atoms with Gasteiger partial charge in [0.2, 0.25) is 0 Å². The second-order valence-electron chi connectivity index (χ2n) is 6.76. The summed E-state index contributed by atoms with van der Waals surface area (Å²) < 4.78 is 16.0. The highest BCUT2D eigenvalue weighted by Gasteiger charge is 2.30. The van der Waals surface area contributed by atoms with Crippen molar-refractivity contribution >= 4 is 7.82 Å². The summed E-state index contributed by atoms with van der Waals surface area (Å²) in [4.78, 5) is 18.1. The summed E-state index contributed by atoms with van der Waals surface area (Å²) in [5.74, 6) is 0.258. The third-order valence-corrected chi connectivity index (χ3v) is 3.24. The SMILES string of the molecule is CC(C)(C)c1cccc(OP(=O)(O)O)c1C(C)(C)C. The molecule has 108 valence electrons. The van der Waals surface area contributed by atoms with Gasteiger partial charge in [0.1, 0.15) is 5.75 Å². The molecule has 2 N–H and O–H groups in total. The number of phosphoric acid groups is 1. The van der Waals surface area contributed by atoms with E-state index < -0.39 is 7.82 Å². The van der Waals surface area contributed by atoms with Crippen molar-refractivity contribution in [2.24, 2.45) is 0 Å². The first-order chi connectivity index (χ1) is 8.32. The van der Waals surface area contributed by atoms with Crippen molar-refractivity contribution in [1.29, 1.82) is 0 Å². The van der Waals surface area contributed by atoms with Crippen LogP contribution in [0.2, 0.25) is 0 Å². The second kappa shape index (κ2) is 4.93. The fourth-order valence-electron chi connectivity index (χ4n) is 2.13. The molecule has 0 unspecified atom stereocenters. The van der Waals surface area contributed by atoms with Gasteiger partial charge in [0.05, 0.1) is 0 Å². The zero-order chi connectivity index (χ0) is 15.1. The molecule has 0 saturated carbocycles. The molecule has 1 aromatic carbocycles. The first kappa shape index (κ1) is 16.2. The van der Waals surface area contributed by atoms with E-state index in [4.69, 9.17) is 14.3 Å². The molecule has 0 aliphatic heterocycles. The summed E-state index contributed by atoms with van der Waals surface area (Å²) in [5.41, 5.74) is 1.47. The van der Waals surface area contributed by atoms with Gasteiger partial charge in [-0.25, -0.2) is 4.57 Å². The minimum Gasteiger partial charge on any atom is -0.404 e. The largest absolute Gasteiger partial charge is 0.524 e. The van der Waals surface area contributed by atoms with E-state index in [-0.39, 0.29) is 16.6 Å². The number of hydrogen-bond acceptors (Lipinski definition) is 2. The summed E-state index contributed by atoms with van der Waals surface area (Å²) in [7, 11) is -4.56. The molecule has 4 nitrogen and oxygen atoms in total. The van der Waals surface area contributed by atoms with Crippen LogP contribution >= 0.6 is 7.82 Å². The van der Waals surface area contributed by atoms with Crippen LogP contribution in [0, 0.1) is 0 Å². The lowest BCUT2D eigenvalue weighted by molar-refractivity contribution is 0.280. The Kier molecular flexibility index (Phi) is 4.21. The highest BCUT2D eigenvalue weighted by molar-refractivity contribution is 7.46. The van der Waals surface area contributed by atoms with Gasteiger partial charge in [-0.3, -0.25) is 9.79 Å². The third-order valence-electron chi connectivity index (χ3n) is 2.80. The molecular formula is C14H23O4P. The first-order valence-electron chi connectivity index (χ1n) is 6.21. The Hall–Kier alpha value is -0.830. The van der Waals surface area contributed by atoms with Crippen molar-refractivity contribution in [2.75, 3.05) is 0 Å². The van der Waals surface area contributed by atoms with Gasteiger partial charge < -0.3 is 4.52 Å². The van der Waals surface area contributed by atoms with Crippen LogP contribution < -0.4 is 4.52 Å². The molecule has 0 aliphatic rings. The van der Waals surface area contributed by atoms with Gasteiger partial charge in [-0.05, 0) is 22.5 Å². The summed E-state index contributed by atoms with van der Waals surface area (Å²) in [6.07, 6.45) is 0. The average Bonchev–Trinajstić information content (AvgIpc) is 2.11. The molecule has 0 spiro atoms. The van der Waals surface area contributed by atoms with Gasteiger partial charge in [-0.1, -0.05) is 53.7 Å². The maximum absolute atomic E-state index is 11.1. The van der Waals surface area contributed by atoms with Crippen LogP contribution in [0.1, 0.15) is 52.7 Å². The highest BCUT2D eigenvalue weighted by Crippen LogP contribution is 2.45. The maximum atomic E-state index is 11.1. The smallest absolute Gasteiger partial charge is 0.404 e. The maximum Gasteiger partial charge on any atom is 0.524 e. The minimum absolute atomic E-state index is 0.128. The monoisotopic (exact) mass is 286 g/mol.